The molecule has 41 heavy (non-hydrogen) atoms. The predicted octanol–water partition coefficient (Wildman–Crippen LogP) is 4.68. The van der Waals surface area contributed by atoms with Crippen molar-refractivity contribution >= 4 is 23.2 Å². The SMILES string of the molecule is Cn1cnc(C2CC3CC(O)(C#CC4(O)CC(c5ccc(C#N)cn5)C4)CC3C2)c1C(=O)Nc1ccc(F)c(Cl)c1. The largest absolute Gasteiger partial charge is 0.378 e. The number of benzene rings is 1. The lowest BCUT2D eigenvalue weighted by atomic mass is 9.69. The van der Waals surface area contributed by atoms with Crippen LogP contribution in [0.15, 0.2) is 42.9 Å². The Balaban J connectivity index is 1.08. The molecule has 3 N–H and O–H groups in total. The molecule has 3 fully saturated rings. The highest BCUT2D eigenvalue weighted by Crippen LogP contribution is 2.54. The van der Waals surface area contributed by atoms with E-state index in [9.17, 15) is 19.4 Å². The second-order valence-electron chi connectivity index (χ2n) is 11.8. The number of aryl methyl sites for hydroxylation is 1. The zero-order valence-electron chi connectivity index (χ0n) is 22.4. The van der Waals surface area contributed by atoms with Crippen LogP contribution in [0.2, 0.25) is 5.02 Å². The van der Waals surface area contributed by atoms with Gasteiger partial charge in [-0.05, 0) is 80.7 Å². The van der Waals surface area contributed by atoms with Crippen LogP contribution in [0.1, 0.15) is 77.8 Å². The minimum Gasteiger partial charge on any atom is -0.378 e. The smallest absolute Gasteiger partial charge is 0.274 e. The summed E-state index contributed by atoms with van der Waals surface area (Å²) in [5.74, 6) is 5.69. The third-order valence-electron chi connectivity index (χ3n) is 8.82. The number of carbonyl (C=O) groups is 1. The first-order chi connectivity index (χ1) is 19.5. The molecule has 0 aliphatic heterocycles. The summed E-state index contributed by atoms with van der Waals surface area (Å²) in [7, 11) is 1.76. The highest BCUT2D eigenvalue weighted by molar-refractivity contribution is 6.31. The second-order valence-corrected chi connectivity index (χ2v) is 12.2. The van der Waals surface area contributed by atoms with Crippen LogP contribution in [-0.4, -0.2) is 41.9 Å². The summed E-state index contributed by atoms with van der Waals surface area (Å²) in [6, 6.07) is 9.63. The van der Waals surface area contributed by atoms with E-state index in [1.54, 1.807) is 24.0 Å². The van der Waals surface area contributed by atoms with Crippen molar-refractivity contribution < 1.29 is 19.4 Å². The quantitative estimate of drug-likeness (QED) is 0.389. The molecular weight excluding hydrogens is 545 g/mol. The number of rotatable bonds is 4. The molecule has 3 aromatic rings. The van der Waals surface area contributed by atoms with Gasteiger partial charge in [0.1, 0.15) is 28.8 Å². The van der Waals surface area contributed by atoms with Crippen molar-refractivity contribution in [3.8, 4) is 17.9 Å². The number of hydrogen-bond acceptors (Lipinski definition) is 6. The van der Waals surface area contributed by atoms with E-state index in [0.717, 1.165) is 18.5 Å². The van der Waals surface area contributed by atoms with E-state index in [2.05, 4.69) is 33.2 Å². The van der Waals surface area contributed by atoms with Crippen molar-refractivity contribution in [1.29, 1.82) is 5.26 Å². The van der Waals surface area contributed by atoms with Crippen molar-refractivity contribution in [1.82, 2.24) is 14.5 Å². The van der Waals surface area contributed by atoms with Gasteiger partial charge in [-0.25, -0.2) is 9.37 Å². The number of fused-ring (bicyclic) bond motifs is 1. The molecule has 0 spiro atoms. The standard InChI is InChI=1S/C31H29ClFN5O3/c1-38-17-36-27(28(38)29(39)37-23-3-4-25(33)24(32)10-23)19-8-20-11-30(40,12-21(20)9-19)6-7-31(41)13-22(14-31)26-5-2-18(15-34)16-35-26/h2-5,10,16-17,19-22,40-41H,8-9,11-14H2,1H3,(H,37,39). The van der Waals surface area contributed by atoms with E-state index in [-0.39, 0.29) is 34.6 Å². The first kappa shape index (κ1) is 27.4. The fourth-order valence-corrected chi connectivity index (χ4v) is 6.97. The molecule has 10 heteroatoms. The Morgan fingerprint density at radius 3 is 2.37 bits per heavy atom. The molecule has 0 saturated heterocycles. The highest BCUT2D eigenvalue weighted by Gasteiger charge is 2.50. The van der Waals surface area contributed by atoms with Crippen LogP contribution in [0.5, 0.6) is 0 Å². The molecule has 0 radical (unpaired) electrons. The van der Waals surface area contributed by atoms with Gasteiger partial charge in [0, 0.05) is 36.5 Å². The van der Waals surface area contributed by atoms with Crippen LogP contribution >= 0.6 is 11.6 Å². The fourth-order valence-electron chi connectivity index (χ4n) is 6.79. The number of carbonyl (C=O) groups excluding carboxylic acids is 1. The molecule has 3 saturated carbocycles. The van der Waals surface area contributed by atoms with Gasteiger partial charge in [0.15, 0.2) is 0 Å². The summed E-state index contributed by atoms with van der Waals surface area (Å²) in [4.78, 5) is 22.0. The average molecular weight is 574 g/mol. The lowest BCUT2D eigenvalue weighted by molar-refractivity contribution is 0.00352. The van der Waals surface area contributed by atoms with Crippen LogP contribution in [0.4, 0.5) is 10.1 Å². The molecule has 1 amide bonds. The Morgan fingerprint density at radius 2 is 1.76 bits per heavy atom. The van der Waals surface area contributed by atoms with Gasteiger partial charge in [0.25, 0.3) is 5.91 Å². The maximum absolute atomic E-state index is 13.5. The number of aliphatic hydroxyl groups is 2. The van der Waals surface area contributed by atoms with Crippen LogP contribution in [0, 0.1) is 40.8 Å². The zero-order valence-corrected chi connectivity index (χ0v) is 23.2. The summed E-state index contributed by atoms with van der Waals surface area (Å²) in [5, 5.41) is 33.8. The number of amides is 1. The third kappa shape index (κ3) is 5.34. The van der Waals surface area contributed by atoms with E-state index in [1.165, 1.54) is 24.4 Å². The Hall–Kier alpha value is -3.76. The Bertz CT molecular complexity index is 1600. The summed E-state index contributed by atoms with van der Waals surface area (Å²) in [6.07, 6.45) is 6.64. The molecule has 3 aliphatic rings. The summed E-state index contributed by atoms with van der Waals surface area (Å²) in [5.41, 5.74) is 0.587. The van der Waals surface area contributed by atoms with Crippen molar-refractivity contribution in [2.75, 3.05) is 5.32 Å². The normalized spacial score (nSPS) is 30.0. The van der Waals surface area contributed by atoms with E-state index >= 15 is 0 Å². The Kier molecular flexibility index (Phi) is 6.86. The topological polar surface area (TPSA) is 124 Å². The minimum atomic E-state index is -1.15. The molecule has 8 nitrogen and oxygen atoms in total. The number of nitrogens with zero attached hydrogens (tertiary/aromatic N) is 4. The van der Waals surface area contributed by atoms with Gasteiger partial charge in [-0.15, -0.1) is 0 Å². The minimum absolute atomic E-state index is 0.0674. The second kappa shape index (κ2) is 10.3. The molecular formula is C31H29ClFN5O3. The van der Waals surface area contributed by atoms with Gasteiger partial charge in [0.05, 0.1) is 22.6 Å². The molecule has 2 unspecified atom stereocenters. The predicted molar refractivity (Wildman–Crippen MR) is 149 cm³/mol. The van der Waals surface area contributed by atoms with Gasteiger partial charge < -0.3 is 20.1 Å². The van der Waals surface area contributed by atoms with E-state index < -0.39 is 17.0 Å². The van der Waals surface area contributed by atoms with Crippen LogP contribution in [0.3, 0.4) is 0 Å². The maximum Gasteiger partial charge on any atom is 0.274 e. The van der Waals surface area contributed by atoms with E-state index in [1.807, 2.05) is 6.07 Å². The maximum atomic E-state index is 13.5. The lowest BCUT2D eigenvalue weighted by Crippen LogP contribution is -2.42. The Labute approximate surface area is 242 Å². The molecule has 2 aromatic heterocycles. The number of pyridine rings is 1. The van der Waals surface area contributed by atoms with Gasteiger partial charge in [-0.2, -0.15) is 5.26 Å². The summed E-state index contributed by atoms with van der Waals surface area (Å²) in [6.45, 7) is 0. The molecule has 0 bridgehead atoms. The van der Waals surface area contributed by atoms with Crippen molar-refractivity contribution in [3.63, 3.8) is 0 Å². The first-order valence-electron chi connectivity index (χ1n) is 13.7. The molecule has 6 rings (SSSR count). The number of nitriles is 1. The first-order valence-corrected chi connectivity index (χ1v) is 14.1. The summed E-state index contributed by atoms with van der Waals surface area (Å²) < 4.78 is 15.2. The van der Waals surface area contributed by atoms with Gasteiger partial charge in [-0.3, -0.25) is 9.78 Å². The number of nitrogens with one attached hydrogen (secondary N) is 1. The van der Waals surface area contributed by atoms with Gasteiger partial charge in [-0.1, -0.05) is 23.4 Å². The Morgan fingerprint density at radius 1 is 1.07 bits per heavy atom. The molecule has 1 aromatic carbocycles. The number of imidazole rings is 1. The number of halogens is 2. The fraction of sp³-hybridized carbons (Fsp3) is 0.419. The monoisotopic (exact) mass is 573 g/mol. The average Bonchev–Trinajstić information content (AvgIpc) is 3.59. The van der Waals surface area contributed by atoms with Crippen LogP contribution in [0.25, 0.3) is 0 Å². The molecule has 2 atom stereocenters. The van der Waals surface area contributed by atoms with E-state index in [0.29, 0.717) is 48.3 Å². The van der Waals surface area contributed by atoms with Crippen molar-refractivity contribution in [2.24, 2.45) is 18.9 Å². The van der Waals surface area contributed by atoms with Gasteiger partial charge in [0.2, 0.25) is 0 Å². The molecule has 2 heterocycles. The van der Waals surface area contributed by atoms with Crippen molar-refractivity contribution in [3.05, 3.63) is 76.3 Å². The number of aromatic nitrogens is 3. The molecule has 3 aliphatic carbocycles. The van der Waals surface area contributed by atoms with Crippen molar-refractivity contribution in [2.45, 2.75) is 61.6 Å². The number of hydrogen-bond donors (Lipinski definition) is 3. The highest BCUT2D eigenvalue weighted by atomic mass is 35.5. The summed E-state index contributed by atoms with van der Waals surface area (Å²) >= 11 is 5.87. The number of anilines is 1. The zero-order chi connectivity index (χ0) is 28.9. The molecule has 210 valence electrons. The van der Waals surface area contributed by atoms with Crippen LogP contribution in [-0.2, 0) is 7.05 Å². The van der Waals surface area contributed by atoms with Gasteiger partial charge >= 0.3 is 0 Å². The lowest BCUT2D eigenvalue weighted by Gasteiger charge is -2.39. The third-order valence-corrected chi connectivity index (χ3v) is 9.10. The van der Waals surface area contributed by atoms with Crippen LogP contribution < -0.4 is 5.32 Å². The van der Waals surface area contributed by atoms with E-state index in [4.69, 9.17) is 16.9 Å².